The minimum atomic E-state index is 0.304. The molecule has 5 nitrogen and oxygen atoms in total. The van der Waals surface area contributed by atoms with Crippen LogP contribution >= 0.6 is 0 Å². The summed E-state index contributed by atoms with van der Waals surface area (Å²) in [4.78, 5) is 4.36. The number of hydrogen-bond acceptors (Lipinski definition) is 4. The third-order valence-electron chi connectivity index (χ3n) is 3.60. The van der Waals surface area contributed by atoms with Crippen LogP contribution in [0.1, 0.15) is 42.7 Å². The van der Waals surface area contributed by atoms with Crippen LogP contribution in [0.4, 0.5) is 0 Å². The Labute approximate surface area is 126 Å². The van der Waals surface area contributed by atoms with E-state index in [-0.39, 0.29) is 0 Å². The highest BCUT2D eigenvalue weighted by Crippen LogP contribution is 2.24. The average molecular weight is 288 g/mol. The van der Waals surface area contributed by atoms with Crippen molar-refractivity contribution in [1.82, 2.24) is 20.1 Å². The number of aromatic nitrogens is 3. The number of nitrogens with one attached hydrogen (secondary N) is 1. The van der Waals surface area contributed by atoms with Crippen LogP contribution in [0.2, 0.25) is 0 Å². The van der Waals surface area contributed by atoms with Crippen LogP contribution in [-0.4, -0.2) is 28.4 Å². The Kier molecular flexibility index (Phi) is 4.96. The quantitative estimate of drug-likeness (QED) is 0.888. The van der Waals surface area contributed by atoms with Crippen molar-refractivity contribution in [3.8, 4) is 5.75 Å². The Morgan fingerprint density at radius 2 is 2.10 bits per heavy atom. The summed E-state index contributed by atoms with van der Waals surface area (Å²) in [5.74, 6) is 2.63. The van der Waals surface area contributed by atoms with Crippen LogP contribution in [0.3, 0.4) is 0 Å². The second kappa shape index (κ2) is 6.72. The summed E-state index contributed by atoms with van der Waals surface area (Å²) in [6.45, 7) is 9.35. The minimum absolute atomic E-state index is 0.304. The van der Waals surface area contributed by atoms with E-state index in [1.807, 2.05) is 38.6 Å². The molecule has 0 saturated carbocycles. The lowest BCUT2D eigenvalue weighted by molar-refractivity contribution is 0.335. The van der Waals surface area contributed by atoms with Crippen molar-refractivity contribution in [2.24, 2.45) is 0 Å². The molecule has 5 heteroatoms. The summed E-state index contributed by atoms with van der Waals surface area (Å²) in [6.07, 6.45) is 0. The monoisotopic (exact) mass is 288 g/mol. The van der Waals surface area contributed by atoms with Gasteiger partial charge in [0.25, 0.3) is 0 Å². The number of rotatable bonds is 6. The SMILES string of the molecule is CCOc1ccc(C(C)NC)cc1Cn1nc(C)nc1C. The Balaban J connectivity index is 2.36. The molecule has 1 atom stereocenters. The van der Waals surface area contributed by atoms with E-state index in [0.29, 0.717) is 19.2 Å². The molecule has 0 spiro atoms. The maximum Gasteiger partial charge on any atom is 0.147 e. The predicted octanol–water partition coefficient (Wildman–Crippen LogP) is 2.62. The van der Waals surface area contributed by atoms with Crippen LogP contribution in [-0.2, 0) is 6.54 Å². The van der Waals surface area contributed by atoms with Gasteiger partial charge >= 0.3 is 0 Å². The van der Waals surface area contributed by atoms with Gasteiger partial charge in [-0.15, -0.1) is 0 Å². The molecular weight excluding hydrogens is 264 g/mol. The first-order chi connectivity index (χ1) is 10.0. The smallest absolute Gasteiger partial charge is 0.147 e. The van der Waals surface area contributed by atoms with Crippen molar-refractivity contribution in [3.63, 3.8) is 0 Å². The largest absolute Gasteiger partial charge is 0.494 e. The van der Waals surface area contributed by atoms with Gasteiger partial charge in [0.15, 0.2) is 0 Å². The molecule has 1 aromatic heterocycles. The number of ether oxygens (including phenoxy) is 1. The van der Waals surface area contributed by atoms with E-state index in [2.05, 4.69) is 34.5 Å². The van der Waals surface area contributed by atoms with E-state index >= 15 is 0 Å². The molecule has 1 heterocycles. The highest BCUT2D eigenvalue weighted by molar-refractivity contribution is 5.38. The van der Waals surface area contributed by atoms with Gasteiger partial charge in [0.1, 0.15) is 17.4 Å². The number of aryl methyl sites for hydroxylation is 2. The van der Waals surface area contributed by atoms with Gasteiger partial charge in [-0.2, -0.15) is 5.10 Å². The maximum atomic E-state index is 5.74. The average Bonchev–Trinajstić information content (AvgIpc) is 2.78. The first-order valence-electron chi connectivity index (χ1n) is 7.36. The Bertz CT molecular complexity index is 606. The van der Waals surface area contributed by atoms with Crippen molar-refractivity contribution < 1.29 is 4.74 Å². The molecule has 1 N–H and O–H groups in total. The zero-order valence-electron chi connectivity index (χ0n) is 13.5. The fourth-order valence-corrected chi connectivity index (χ4v) is 2.33. The van der Waals surface area contributed by atoms with E-state index < -0.39 is 0 Å². The molecule has 2 aromatic rings. The van der Waals surface area contributed by atoms with Crippen LogP contribution in [0.5, 0.6) is 5.75 Å². The standard InChI is InChI=1S/C16H24N4O/c1-6-21-16-8-7-14(11(2)17-5)9-15(16)10-20-13(4)18-12(3)19-20/h7-9,11,17H,6,10H2,1-5H3. The second-order valence-electron chi connectivity index (χ2n) is 5.17. The molecule has 1 unspecified atom stereocenters. The van der Waals surface area contributed by atoms with Gasteiger partial charge in [-0.1, -0.05) is 6.07 Å². The number of benzene rings is 1. The summed E-state index contributed by atoms with van der Waals surface area (Å²) in [5.41, 5.74) is 2.37. The number of nitrogens with zero attached hydrogens (tertiary/aromatic N) is 3. The first-order valence-corrected chi connectivity index (χ1v) is 7.36. The van der Waals surface area contributed by atoms with Gasteiger partial charge in [0.2, 0.25) is 0 Å². The van der Waals surface area contributed by atoms with Crippen molar-refractivity contribution in [2.75, 3.05) is 13.7 Å². The molecule has 0 aliphatic rings. The van der Waals surface area contributed by atoms with Crippen LogP contribution in [0.15, 0.2) is 18.2 Å². The zero-order chi connectivity index (χ0) is 15.4. The second-order valence-corrected chi connectivity index (χ2v) is 5.17. The van der Waals surface area contributed by atoms with Crippen LogP contribution in [0.25, 0.3) is 0 Å². The molecule has 2 rings (SSSR count). The van der Waals surface area contributed by atoms with Crippen molar-refractivity contribution >= 4 is 0 Å². The molecule has 0 aliphatic carbocycles. The fourth-order valence-electron chi connectivity index (χ4n) is 2.33. The molecule has 114 valence electrons. The molecule has 0 fully saturated rings. The Morgan fingerprint density at radius 3 is 2.67 bits per heavy atom. The minimum Gasteiger partial charge on any atom is -0.494 e. The van der Waals surface area contributed by atoms with Crippen LogP contribution in [0, 0.1) is 13.8 Å². The van der Waals surface area contributed by atoms with Gasteiger partial charge in [0.05, 0.1) is 13.2 Å². The predicted molar refractivity (Wildman–Crippen MR) is 83.7 cm³/mol. The molecule has 1 aromatic carbocycles. The van der Waals surface area contributed by atoms with Crippen molar-refractivity contribution in [2.45, 2.75) is 40.3 Å². The van der Waals surface area contributed by atoms with Crippen LogP contribution < -0.4 is 10.1 Å². The Morgan fingerprint density at radius 1 is 1.33 bits per heavy atom. The summed E-state index contributed by atoms with van der Waals surface area (Å²) in [7, 11) is 1.96. The van der Waals surface area contributed by atoms with Crippen molar-refractivity contribution in [1.29, 1.82) is 0 Å². The molecule has 0 aliphatic heterocycles. The third-order valence-corrected chi connectivity index (χ3v) is 3.60. The van der Waals surface area contributed by atoms with Gasteiger partial charge in [-0.3, -0.25) is 0 Å². The summed E-state index contributed by atoms with van der Waals surface area (Å²) in [5, 5.41) is 7.70. The van der Waals surface area contributed by atoms with E-state index in [9.17, 15) is 0 Å². The van der Waals surface area contributed by atoms with Gasteiger partial charge in [-0.05, 0) is 52.4 Å². The first kappa shape index (κ1) is 15.5. The van der Waals surface area contributed by atoms with E-state index in [1.54, 1.807) is 0 Å². The summed E-state index contributed by atoms with van der Waals surface area (Å²) in [6, 6.07) is 6.64. The number of hydrogen-bond donors (Lipinski definition) is 1. The highest BCUT2D eigenvalue weighted by Gasteiger charge is 2.11. The highest BCUT2D eigenvalue weighted by atomic mass is 16.5. The van der Waals surface area contributed by atoms with E-state index in [4.69, 9.17) is 4.74 Å². The van der Waals surface area contributed by atoms with E-state index in [1.165, 1.54) is 5.56 Å². The van der Waals surface area contributed by atoms with Crippen molar-refractivity contribution in [3.05, 3.63) is 41.0 Å². The van der Waals surface area contributed by atoms with E-state index in [0.717, 1.165) is 23.0 Å². The molecular formula is C16H24N4O. The zero-order valence-corrected chi connectivity index (χ0v) is 13.5. The van der Waals surface area contributed by atoms with Gasteiger partial charge < -0.3 is 10.1 Å². The topological polar surface area (TPSA) is 52.0 Å². The molecule has 0 bridgehead atoms. The molecule has 21 heavy (non-hydrogen) atoms. The lowest BCUT2D eigenvalue weighted by Crippen LogP contribution is -2.13. The summed E-state index contributed by atoms with van der Waals surface area (Å²) >= 11 is 0. The molecule has 0 saturated heterocycles. The molecule has 0 radical (unpaired) electrons. The molecule has 0 amide bonds. The Hall–Kier alpha value is -1.88. The lowest BCUT2D eigenvalue weighted by atomic mass is 10.0. The lowest BCUT2D eigenvalue weighted by Gasteiger charge is -2.16. The summed E-state index contributed by atoms with van der Waals surface area (Å²) < 4.78 is 7.66. The third kappa shape index (κ3) is 3.61. The van der Waals surface area contributed by atoms with Gasteiger partial charge in [-0.25, -0.2) is 9.67 Å². The fraction of sp³-hybridized carbons (Fsp3) is 0.500. The van der Waals surface area contributed by atoms with Gasteiger partial charge in [0, 0.05) is 11.6 Å². The maximum absolute atomic E-state index is 5.74. The normalized spacial score (nSPS) is 12.4.